The molecule has 26 heavy (non-hydrogen) atoms. The summed E-state index contributed by atoms with van der Waals surface area (Å²) in [6.07, 6.45) is 7.08. The van der Waals surface area contributed by atoms with Crippen molar-refractivity contribution in [1.82, 2.24) is 20.4 Å². The lowest BCUT2D eigenvalue weighted by Crippen LogP contribution is -2.47. The summed E-state index contributed by atoms with van der Waals surface area (Å²) in [7, 11) is 0. The SMILES string of the molecule is CCC(CC)CN1CCN(c2nnc(NC(=O)NC3CCCC3)s2)CC1. The van der Waals surface area contributed by atoms with Gasteiger partial charge in [-0.15, -0.1) is 10.2 Å². The van der Waals surface area contributed by atoms with Crippen LogP contribution in [-0.2, 0) is 0 Å². The molecule has 1 aliphatic carbocycles. The maximum absolute atomic E-state index is 12.1. The lowest BCUT2D eigenvalue weighted by Gasteiger charge is -2.35. The molecule has 1 aromatic heterocycles. The molecule has 0 aromatic carbocycles. The molecule has 146 valence electrons. The molecule has 1 saturated carbocycles. The van der Waals surface area contributed by atoms with Crippen molar-refractivity contribution in [3.8, 4) is 0 Å². The zero-order chi connectivity index (χ0) is 18.4. The Hall–Kier alpha value is -1.41. The maximum atomic E-state index is 12.1. The molecule has 0 radical (unpaired) electrons. The van der Waals surface area contributed by atoms with Gasteiger partial charge in [-0.05, 0) is 18.8 Å². The van der Waals surface area contributed by atoms with E-state index in [1.807, 2.05) is 0 Å². The largest absolute Gasteiger partial charge is 0.344 e. The van der Waals surface area contributed by atoms with Crippen molar-refractivity contribution in [2.24, 2.45) is 5.92 Å². The Kier molecular flexibility index (Phi) is 7.07. The van der Waals surface area contributed by atoms with E-state index in [-0.39, 0.29) is 6.03 Å². The van der Waals surface area contributed by atoms with Crippen LogP contribution in [0.5, 0.6) is 0 Å². The molecule has 8 heteroatoms. The summed E-state index contributed by atoms with van der Waals surface area (Å²) in [6, 6.07) is 0.153. The standard InChI is InChI=1S/C18H32N6OS/c1-3-14(4-2)13-23-9-11-24(12-10-23)18-22-21-17(26-18)20-16(25)19-15-7-5-6-8-15/h14-15H,3-13H2,1-2H3,(H2,19,20,21,25). The molecule has 0 bridgehead atoms. The summed E-state index contributed by atoms with van der Waals surface area (Å²) >= 11 is 1.46. The van der Waals surface area contributed by atoms with Crippen LogP contribution in [-0.4, -0.2) is 59.9 Å². The van der Waals surface area contributed by atoms with Gasteiger partial charge in [0.25, 0.3) is 0 Å². The van der Waals surface area contributed by atoms with Gasteiger partial charge in [-0.3, -0.25) is 10.2 Å². The first-order valence-corrected chi connectivity index (χ1v) is 10.9. The van der Waals surface area contributed by atoms with Gasteiger partial charge in [-0.25, -0.2) is 4.79 Å². The molecule has 3 rings (SSSR count). The van der Waals surface area contributed by atoms with E-state index in [1.165, 1.54) is 43.6 Å². The molecule has 1 aliphatic heterocycles. The van der Waals surface area contributed by atoms with Crippen LogP contribution in [0.25, 0.3) is 0 Å². The topological polar surface area (TPSA) is 73.4 Å². The first-order chi connectivity index (χ1) is 12.7. The summed E-state index contributed by atoms with van der Waals surface area (Å²) < 4.78 is 0. The van der Waals surface area contributed by atoms with Crippen LogP contribution < -0.4 is 15.5 Å². The Balaban J connectivity index is 1.44. The third kappa shape index (κ3) is 5.30. The zero-order valence-electron chi connectivity index (χ0n) is 16.0. The highest BCUT2D eigenvalue weighted by molar-refractivity contribution is 7.19. The average Bonchev–Trinajstić information content (AvgIpc) is 3.32. The number of nitrogens with one attached hydrogen (secondary N) is 2. The van der Waals surface area contributed by atoms with Gasteiger partial charge in [-0.2, -0.15) is 0 Å². The van der Waals surface area contributed by atoms with E-state index in [0.29, 0.717) is 11.2 Å². The molecule has 2 aliphatic rings. The van der Waals surface area contributed by atoms with Crippen LogP contribution in [0.15, 0.2) is 0 Å². The fourth-order valence-corrected chi connectivity index (χ4v) is 4.61. The predicted molar refractivity (Wildman–Crippen MR) is 107 cm³/mol. The van der Waals surface area contributed by atoms with E-state index in [0.717, 1.165) is 50.1 Å². The minimum absolute atomic E-state index is 0.158. The molecule has 0 atom stereocenters. The molecular formula is C18H32N6OS. The molecule has 2 fully saturated rings. The number of carbonyl (C=O) groups is 1. The molecule has 2 amide bonds. The van der Waals surface area contributed by atoms with Crippen molar-refractivity contribution in [3.63, 3.8) is 0 Å². The van der Waals surface area contributed by atoms with E-state index < -0.39 is 0 Å². The van der Waals surface area contributed by atoms with Crippen molar-refractivity contribution >= 4 is 27.6 Å². The molecule has 2 heterocycles. The number of hydrogen-bond donors (Lipinski definition) is 2. The van der Waals surface area contributed by atoms with Gasteiger partial charge in [0, 0.05) is 38.8 Å². The van der Waals surface area contributed by atoms with Gasteiger partial charge < -0.3 is 10.2 Å². The van der Waals surface area contributed by atoms with Crippen molar-refractivity contribution < 1.29 is 4.79 Å². The van der Waals surface area contributed by atoms with Crippen LogP contribution >= 0.6 is 11.3 Å². The average molecular weight is 381 g/mol. The minimum Gasteiger partial charge on any atom is -0.344 e. The summed E-state index contributed by atoms with van der Waals surface area (Å²) in [5.74, 6) is 0.803. The Labute approximate surface area is 160 Å². The Morgan fingerprint density at radius 1 is 1.15 bits per heavy atom. The number of amides is 2. The normalized spacial score (nSPS) is 19.3. The number of aromatic nitrogens is 2. The van der Waals surface area contributed by atoms with Gasteiger partial charge >= 0.3 is 6.03 Å². The number of carbonyl (C=O) groups excluding carboxylic acids is 1. The summed E-state index contributed by atoms with van der Waals surface area (Å²) in [5, 5.41) is 15.8. The van der Waals surface area contributed by atoms with Gasteiger partial charge in [-0.1, -0.05) is 50.9 Å². The minimum atomic E-state index is -0.158. The van der Waals surface area contributed by atoms with E-state index >= 15 is 0 Å². The van der Waals surface area contributed by atoms with Crippen LogP contribution in [0.1, 0.15) is 52.4 Å². The monoisotopic (exact) mass is 380 g/mol. The number of nitrogens with zero attached hydrogens (tertiary/aromatic N) is 4. The Morgan fingerprint density at radius 3 is 2.50 bits per heavy atom. The third-order valence-electron chi connectivity index (χ3n) is 5.64. The van der Waals surface area contributed by atoms with Crippen molar-refractivity contribution in [3.05, 3.63) is 0 Å². The molecule has 2 N–H and O–H groups in total. The van der Waals surface area contributed by atoms with Crippen molar-refractivity contribution in [2.45, 2.75) is 58.4 Å². The van der Waals surface area contributed by atoms with E-state index in [9.17, 15) is 4.79 Å². The predicted octanol–water partition coefficient (Wildman–Crippen LogP) is 3.16. The molecular weight excluding hydrogens is 348 g/mol. The lowest BCUT2D eigenvalue weighted by atomic mass is 10.0. The number of piperazine rings is 1. The van der Waals surface area contributed by atoms with Gasteiger partial charge in [0.2, 0.25) is 10.3 Å². The second-order valence-corrected chi connectivity index (χ2v) is 8.40. The Bertz CT molecular complexity index is 562. The summed E-state index contributed by atoms with van der Waals surface area (Å²) in [4.78, 5) is 16.9. The van der Waals surface area contributed by atoms with Crippen LogP contribution in [0.2, 0.25) is 0 Å². The van der Waals surface area contributed by atoms with Crippen molar-refractivity contribution in [2.75, 3.05) is 42.9 Å². The number of hydrogen-bond acceptors (Lipinski definition) is 6. The lowest BCUT2D eigenvalue weighted by molar-refractivity contribution is 0.212. The molecule has 0 spiro atoms. The maximum Gasteiger partial charge on any atom is 0.321 e. The van der Waals surface area contributed by atoms with Crippen LogP contribution in [0.3, 0.4) is 0 Å². The molecule has 7 nitrogen and oxygen atoms in total. The molecule has 0 unspecified atom stereocenters. The number of rotatable bonds is 7. The fourth-order valence-electron chi connectivity index (χ4n) is 3.82. The summed E-state index contributed by atoms with van der Waals surface area (Å²) in [5.41, 5.74) is 0. The molecule has 1 aromatic rings. The van der Waals surface area contributed by atoms with E-state index in [1.54, 1.807) is 0 Å². The fraction of sp³-hybridized carbons (Fsp3) is 0.833. The first kappa shape index (κ1) is 19.4. The van der Waals surface area contributed by atoms with E-state index in [2.05, 4.69) is 44.5 Å². The summed E-state index contributed by atoms with van der Waals surface area (Å²) in [6.45, 7) is 9.85. The highest BCUT2D eigenvalue weighted by Crippen LogP contribution is 2.25. The smallest absolute Gasteiger partial charge is 0.321 e. The Morgan fingerprint density at radius 2 is 1.85 bits per heavy atom. The second kappa shape index (κ2) is 9.50. The number of urea groups is 1. The van der Waals surface area contributed by atoms with Crippen LogP contribution in [0, 0.1) is 5.92 Å². The molecule has 1 saturated heterocycles. The second-order valence-electron chi connectivity index (χ2n) is 7.44. The first-order valence-electron chi connectivity index (χ1n) is 10.1. The van der Waals surface area contributed by atoms with E-state index in [4.69, 9.17) is 0 Å². The van der Waals surface area contributed by atoms with Gasteiger partial charge in [0.15, 0.2) is 0 Å². The highest BCUT2D eigenvalue weighted by Gasteiger charge is 2.22. The van der Waals surface area contributed by atoms with Gasteiger partial charge in [0.1, 0.15) is 0 Å². The zero-order valence-corrected chi connectivity index (χ0v) is 16.9. The number of anilines is 2. The van der Waals surface area contributed by atoms with Gasteiger partial charge in [0.05, 0.1) is 0 Å². The third-order valence-corrected chi connectivity index (χ3v) is 6.54. The quantitative estimate of drug-likeness (QED) is 0.760. The van der Waals surface area contributed by atoms with Crippen molar-refractivity contribution in [1.29, 1.82) is 0 Å². The highest BCUT2D eigenvalue weighted by atomic mass is 32.1. The van der Waals surface area contributed by atoms with Crippen LogP contribution in [0.4, 0.5) is 15.1 Å².